The van der Waals surface area contributed by atoms with Crippen LogP contribution in [0.5, 0.6) is 0 Å². The fourth-order valence-corrected chi connectivity index (χ4v) is 5.40. The third-order valence-corrected chi connectivity index (χ3v) is 7.00. The van der Waals surface area contributed by atoms with Crippen molar-refractivity contribution < 1.29 is 0 Å². The number of hydrogen-bond acceptors (Lipinski definition) is 8. The zero-order chi connectivity index (χ0) is 22.4. The van der Waals surface area contributed by atoms with Crippen LogP contribution in [0.4, 0.5) is 5.82 Å². The van der Waals surface area contributed by atoms with E-state index in [1.807, 2.05) is 49.0 Å². The number of anilines is 1. The van der Waals surface area contributed by atoms with Crippen molar-refractivity contribution in [1.29, 1.82) is 0 Å². The minimum absolute atomic E-state index is 0.0753. The summed E-state index contributed by atoms with van der Waals surface area (Å²) in [5.74, 6) is 1.63. The summed E-state index contributed by atoms with van der Waals surface area (Å²) in [4.78, 5) is 34.9. The first-order valence-corrected chi connectivity index (χ1v) is 11.7. The zero-order valence-electron chi connectivity index (χ0n) is 18.1. The molecule has 5 aromatic rings. The predicted molar refractivity (Wildman–Crippen MR) is 129 cm³/mol. The molecule has 0 amide bonds. The molecule has 1 aromatic carbocycles. The smallest absolute Gasteiger partial charge is 0.260 e. The van der Waals surface area contributed by atoms with Gasteiger partial charge in [0.05, 0.1) is 23.5 Å². The molecule has 5 heterocycles. The second-order valence-corrected chi connectivity index (χ2v) is 9.03. The highest BCUT2D eigenvalue weighted by atomic mass is 32.1. The van der Waals surface area contributed by atoms with Crippen molar-refractivity contribution in [2.24, 2.45) is 7.05 Å². The van der Waals surface area contributed by atoms with Crippen molar-refractivity contribution in [3.63, 3.8) is 0 Å². The van der Waals surface area contributed by atoms with Gasteiger partial charge in [-0.05, 0) is 5.56 Å². The molecule has 4 aromatic heterocycles. The lowest BCUT2D eigenvalue weighted by atomic mass is 10.1. The molecule has 6 rings (SSSR count). The summed E-state index contributed by atoms with van der Waals surface area (Å²) in [6.07, 6.45) is 3.42. The maximum absolute atomic E-state index is 12.9. The van der Waals surface area contributed by atoms with Gasteiger partial charge in [0.25, 0.3) is 5.56 Å². The van der Waals surface area contributed by atoms with Crippen LogP contribution in [0.15, 0.2) is 53.0 Å². The van der Waals surface area contributed by atoms with Gasteiger partial charge in [-0.2, -0.15) is 5.10 Å². The van der Waals surface area contributed by atoms with E-state index < -0.39 is 0 Å². The lowest BCUT2D eigenvalue weighted by molar-refractivity contribution is 0.244. The van der Waals surface area contributed by atoms with Gasteiger partial charge in [0, 0.05) is 44.2 Å². The van der Waals surface area contributed by atoms with Crippen LogP contribution in [0.2, 0.25) is 0 Å². The third kappa shape index (κ3) is 3.57. The molecule has 0 aliphatic carbocycles. The highest BCUT2D eigenvalue weighted by Gasteiger charge is 2.22. The van der Waals surface area contributed by atoms with Gasteiger partial charge in [-0.3, -0.25) is 14.4 Å². The minimum Gasteiger partial charge on any atom is -0.353 e. The number of nitrogens with zero attached hydrogens (tertiary/aromatic N) is 7. The van der Waals surface area contributed by atoms with E-state index in [0.717, 1.165) is 59.0 Å². The van der Waals surface area contributed by atoms with Crippen molar-refractivity contribution in [2.45, 2.75) is 6.54 Å². The predicted octanol–water partition coefficient (Wildman–Crippen LogP) is 2.65. The molecule has 10 heteroatoms. The standard InChI is InChI=1S/C23H22N8OS/c1-29-20-16(11-26-29)21(25-14-24-20)31-9-7-30(8-10-31)12-18-27-22(32)19-17(13-33-23(19)28-18)15-5-3-2-4-6-15/h2-6,11,13-14H,7-10,12H2,1H3,(H,27,28,32). The van der Waals surface area contributed by atoms with E-state index >= 15 is 0 Å². The average Bonchev–Trinajstić information content (AvgIpc) is 3.44. The molecule has 0 saturated carbocycles. The summed E-state index contributed by atoms with van der Waals surface area (Å²) in [6.45, 7) is 4.00. The van der Waals surface area contributed by atoms with Crippen LogP contribution in [-0.4, -0.2) is 60.8 Å². The molecular formula is C23H22N8OS. The number of nitrogens with one attached hydrogen (secondary N) is 1. The molecule has 0 atom stereocenters. The number of thiophene rings is 1. The van der Waals surface area contributed by atoms with E-state index in [4.69, 9.17) is 4.98 Å². The van der Waals surface area contributed by atoms with Crippen LogP contribution in [0.3, 0.4) is 0 Å². The number of rotatable bonds is 4. The normalized spacial score (nSPS) is 15.0. The van der Waals surface area contributed by atoms with Gasteiger partial charge in [0.15, 0.2) is 5.65 Å². The molecule has 1 N–H and O–H groups in total. The molecule has 0 unspecified atom stereocenters. The highest BCUT2D eigenvalue weighted by Crippen LogP contribution is 2.30. The Bertz CT molecular complexity index is 1500. The number of aromatic nitrogens is 6. The molecule has 1 aliphatic rings. The van der Waals surface area contributed by atoms with Crippen LogP contribution in [0.25, 0.3) is 32.4 Å². The number of fused-ring (bicyclic) bond motifs is 2. The van der Waals surface area contributed by atoms with Gasteiger partial charge in [-0.25, -0.2) is 15.0 Å². The van der Waals surface area contributed by atoms with Crippen molar-refractivity contribution in [3.8, 4) is 11.1 Å². The minimum atomic E-state index is -0.0753. The van der Waals surface area contributed by atoms with E-state index in [2.05, 4.69) is 29.9 Å². The first kappa shape index (κ1) is 20.0. The zero-order valence-corrected chi connectivity index (χ0v) is 18.9. The molecule has 0 spiro atoms. The summed E-state index contributed by atoms with van der Waals surface area (Å²) < 4.78 is 1.77. The van der Waals surface area contributed by atoms with Gasteiger partial charge < -0.3 is 9.88 Å². The van der Waals surface area contributed by atoms with Gasteiger partial charge in [0.1, 0.15) is 22.8 Å². The average molecular weight is 459 g/mol. The Morgan fingerprint density at radius 3 is 2.73 bits per heavy atom. The Kier molecular flexibility index (Phi) is 4.88. The van der Waals surface area contributed by atoms with Crippen LogP contribution < -0.4 is 10.5 Å². The summed E-state index contributed by atoms with van der Waals surface area (Å²) in [6, 6.07) is 9.98. The fourth-order valence-electron chi connectivity index (χ4n) is 4.43. The van der Waals surface area contributed by atoms with Crippen molar-refractivity contribution >= 4 is 38.4 Å². The van der Waals surface area contributed by atoms with E-state index in [1.165, 1.54) is 11.3 Å². The Morgan fingerprint density at radius 2 is 1.91 bits per heavy atom. The van der Waals surface area contributed by atoms with Gasteiger partial charge in [0.2, 0.25) is 0 Å². The Balaban J connectivity index is 1.19. The topological polar surface area (TPSA) is 95.8 Å². The SMILES string of the molecule is Cn1ncc2c(N3CCN(Cc4nc5scc(-c6ccccc6)c5c(=O)[nH]4)CC3)ncnc21. The molecule has 0 radical (unpaired) electrons. The van der Waals surface area contributed by atoms with Crippen molar-refractivity contribution in [1.82, 2.24) is 34.6 Å². The van der Waals surface area contributed by atoms with Crippen LogP contribution in [0, 0.1) is 0 Å². The molecule has 1 fully saturated rings. The van der Waals surface area contributed by atoms with Crippen molar-refractivity contribution in [3.05, 3.63) is 64.4 Å². The summed E-state index contributed by atoms with van der Waals surface area (Å²) >= 11 is 1.52. The number of piperazine rings is 1. The molecule has 9 nitrogen and oxygen atoms in total. The first-order chi connectivity index (χ1) is 16.2. The summed E-state index contributed by atoms with van der Waals surface area (Å²) in [7, 11) is 1.89. The number of H-pyrrole nitrogens is 1. The van der Waals surface area contributed by atoms with E-state index in [-0.39, 0.29) is 5.56 Å². The van der Waals surface area contributed by atoms with Gasteiger partial charge in [-0.15, -0.1) is 11.3 Å². The number of benzene rings is 1. The molecule has 166 valence electrons. The van der Waals surface area contributed by atoms with Crippen molar-refractivity contribution in [2.75, 3.05) is 31.1 Å². The quantitative estimate of drug-likeness (QED) is 0.442. The van der Waals surface area contributed by atoms with Crippen LogP contribution in [-0.2, 0) is 13.6 Å². The molecular weight excluding hydrogens is 436 g/mol. The van der Waals surface area contributed by atoms with Crippen LogP contribution >= 0.6 is 11.3 Å². The molecule has 1 aliphatic heterocycles. The molecule has 1 saturated heterocycles. The van der Waals surface area contributed by atoms with Crippen LogP contribution in [0.1, 0.15) is 5.82 Å². The second kappa shape index (κ2) is 8.05. The summed E-state index contributed by atoms with van der Waals surface area (Å²) in [5, 5.41) is 7.97. The number of aromatic amines is 1. The maximum atomic E-state index is 12.9. The third-order valence-electron chi connectivity index (χ3n) is 6.13. The van der Waals surface area contributed by atoms with E-state index in [9.17, 15) is 4.79 Å². The fraction of sp³-hybridized carbons (Fsp3) is 0.261. The lowest BCUT2D eigenvalue weighted by Crippen LogP contribution is -2.46. The Morgan fingerprint density at radius 1 is 1.09 bits per heavy atom. The lowest BCUT2D eigenvalue weighted by Gasteiger charge is -2.35. The summed E-state index contributed by atoms with van der Waals surface area (Å²) in [5.41, 5.74) is 2.74. The second-order valence-electron chi connectivity index (χ2n) is 8.17. The van der Waals surface area contributed by atoms with Gasteiger partial charge >= 0.3 is 0 Å². The molecule has 0 bridgehead atoms. The monoisotopic (exact) mass is 458 g/mol. The van der Waals surface area contributed by atoms with E-state index in [1.54, 1.807) is 11.0 Å². The van der Waals surface area contributed by atoms with E-state index in [0.29, 0.717) is 17.8 Å². The Hall–Kier alpha value is -3.63. The first-order valence-electron chi connectivity index (χ1n) is 10.8. The van der Waals surface area contributed by atoms with Gasteiger partial charge in [-0.1, -0.05) is 30.3 Å². The Labute approximate surface area is 193 Å². The number of aryl methyl sites for hydroxylation is 1. The largest absolute Gasteiger partial charge is 0.353 e. The number of hydrogen-bond donors (Lipinski definition) is 1. The molecule has 33 heavy (non-hydrogen) atoms. The highest BCUT2D eigenvalue weighted by molar-refractivity contribution is 7.17. The maximum Gasteiger partial charge on any atom is 0.260 e.